The lowest BCUT2D eigenvalue weighted by Crippen LogP contribution is -2.31. The van der Waals surface area contributed by atoms with Crippen molar-refractivity contribution in [2.24, 2.45) is 0 Å². The summed E-state index contributed by atoms with van der Waals surface area (Å²) in [6, 6.07) is 1.66. The Bertz CT molecular complexity index is 403. The molecule has 5 heteroatoms. The highest BCUT2D eigenvalue weighted by molar-refractivity contribution is 5.95. The number of amides is 1. The third-order valence-corrected chi connectivity index (χ3v) is 2.37. The molecule has 0 bridgehead atoms. The van der Waals surface area contributed by atoms with Crippen LogP contribution >= 0.6 is 0 Å². The molecule has 0 aromatic heterocycles. The highest BCUT2D eigenvalue weighted by Gasteiger charge is 2.18. The molecule has 1 aromatic carbocycles. The smallest absolute Gasteiger partial charge is 0.256 e. The number of nitrogen functional groups attached to an aromatic ring is 1. The number of anilines is 1. The minimum absolute atomic E-state index is 0.192. The fourth-order valence-corrected chi connectivity index (χ4v) is 1.41. The predicted molar refractivity (Wildman–Crippen MR) is 58.0 cm³/mol. The van der Waals surface area contributed by atoms with E-state index in [1.54, 1.807) is 13.8 Å². The summed E-state index contributed by atoms with van der Waals surface area (Å²) in [5, 5.41) is 0. The van der Waals surface area contributed by atoms with Crippen LogP contribution in [0.2, 0.25) is 0 Å². The van der Waals surface area contributed by atoms with Gasteiger partial charge in [-0.2, -0.15) is 0 Å². The van der Waals surface area contributed by atoms with Crippen molar-refractivity contribution in [3.05, 3.63) is 29.3 Å². The van der Waals surface area contributed by atoms with E-state index in [0.717, 1.165) is 6.07 Å². The summed E-state index contributed by atoms with van der Waals surface area (Å²) in [5.74, 6) is -2.22. The third-order valence-electron chi connectivity index (χ3n) is 2.37. The zero-order valence-corrected chi connectivity index (χ0v) is 9.26. The molecule has 0 aliphatic carbocycles. The van der Waals surface area contributed by atoms with Crippen LogP contribution in [-0.2, 0) is 0 Å². The fourth-order valence-electron chi connectivity index (χ4n) is 1.41. The molecule has 0 aliphatic rings. The summed E-state index contributed by atoms with van der Waals surface area (Å²) in [5.41, 5.74) is 4.88. The second-order valence-corrected chi connectivity index (χ2v) is 3.33. The van der Waals surface area contributed by atoms with Crippen molar-refractivity contribution in [2.45, 2.75) is 13.8 Å². The molecule has 1 aromatic rings. The monoisotopic (exact) mass is 228 g/mol. The van der Waals surface area contributed by atoms with E-state index in [4.69, 9.17) is 5.73 Å². The first-order chi connectivity index (χ1) is 7.51. The van der Waals surface area contributed by atoms with Crippen molar-refractivity contribution in [3.63, 3.8) is 0 Å². The standard InChI is InChI=1S/C11H14F2N2O/c1-3-15(4-2)11(16)7-5-10(14)9(13)6-8(7)12/h5-6H,3-4,14H2,1-2H3. The lowest BCUT2D eigenvalue weighted by molar-refractivity contribution is 0.0768. The Labute approximate surface area is 92.8 Å². The van der Waals surface area contributed by atoms with Crippen LogP contribution in [0.15, 0.2) is 12.1 Å². The van der Waals surface area contributed by atoms with Crippen LogP contribution in [0.1, 0.15) is 24.2 Å². The quantitative estimate of drug-likeness (QED) is 0.804. The lowest BCUT2D eigenvalue weighted by atomic mass is 10.1. The van der Waals surface area contributed by atoms with Crippen molar-refractivity contribution in [1.82, 2.24) is 4.90 Å². The minimum Gasteiger partial charge on any atom is -0.396 e. The first-order valence-corrected chi connectivity index (χ1v) is 5.05. The highest BCUT2D eigenvalue weighted by Crippen LogP contribution is 2.18. The topological polar surface area (TPSA) is 46.3 Å². The molecule has 1 amide bonds. The molecule has 88 valence electrons. The first-order valence-electron chi connectivity index (χ1n) is 5.05. The van der Waals surface area contributed by atoms with Gasteiger partial charge in [0.1, 0.15) is 11.6 Å². The molecule has 0 radical (unpaired) electrons. The van der Waals surface area contributed by atoms with Crippen LogP contribution in [-0.4, -0.2) is 23.9 Å². The number of nitrogens with two attached hydrogens (primary N) is 1. The van der Waals surface area contributed by atoms with Crippen molar-refractivity contribution < 1.29 is 13.6 Å². The number of benzene rings is 1. The van der Waals surface area contributed by atoms with Gasteiger partial charge in [-0.05, 0) is 19.9 Å². The molecule has 0 spiro atoms. The van der Waals surface area contributed by atoms with Crippen LogP contribution < -0.4 is 5.73 Å². The fraction of sp³-hybridized carbons (Fsp3) is 0.364. The Morgan fingerprint density at radius 2 is 1.81 bits per heavy atom. The molecule has 1 rings (SSSR count). The molecule has 0 saturated heterocycles. The molecule has 0 heterocycles. The van der Waals surface area contributed by atoms with Crippen LogP contribution in [0.5, 0.6) is 0 Å². The van der Waals surface area contributed by atoms with Gasteiger partial charge in [-0.15, -0.1) is 0 Å². The molecule has 3 nitrogen and oxygen atoms in total. The summed E-state index contributed by atoms with van der Waals surface area (Å²) < 4.78 is 26.3. The first kappa shape index (κ1) is 12.4. The van der Waals surface area contributed by atoms with Gasteiger partial charge in [0, 0.05) is 19.2 Å². The van der Waals surface area contributed by atoms with Crippen molar-refractivity contribution >= 4 is 11.6 Å². The van der Waals surface area contributed by atoms with E-state index in [9.17, 15) is 13.6 Å². The number of rotatable bonds is 3. The number of carbonyl (C=O) groups excluding carboxylic acids is 1. The van der Waals surface area contributed by atoms with Gasteiger partial charge in [-0.25, -0.2) is 8.78 Å². The molecule has 0 saturated carbocycles. The normalized spacial score (nSPS) is 10.2. The van der Waals surface area contributed by atoms with Gasteiger partial charge in [0.2, 0.25) is 0 Å². The van der Waals surface area contributed by atoms with Gasteiger partial charge in [0.25, 0.3) is 5.91 Å². The molecule has 0 aliphatic heterocycles. The van der Waals surface area contributed by atoms with Gasteiger partial charge >= 0.3 is 0 Å². The number of carbonyl (C=O) groups is 1. The van der Waals surface area contributed by atoms with Crippen LogP contribution in [0, 0.1) is 11.6 Å². The second kappa shape index (κ2) is 4.92. The van der Waals surface area contributed by atoms with Crippen molar-refractivity contribution in [1.29, 1.82) is 0 Å². The van der Waals surface area contributed by atoms with E-state index in [1.165, 1.54) is 4.90 Å². The van der Waals surface area contributed by atoms with E-state index in [2.05, 4.69) is 0 Å². The highest BCUT2D eigenvalue weighted by atomic mass is 19.1. The Morgan fingerprint density at radius 1 is 1.25 bits per heavy atom. The molecule has 0 atom stereocenters. The Kier molecular flexibility index (Phi) is 3.82. The van der Waals surface area contributed by atoms with Crippen LogP contribution in [0.25, 0.3) is 0 Å². The number of halogens is 2. The van der Waals surface area contributed by atoms with Gasteiger partial charge in [0.05, 0.1) is 11.3 Å². The summed E-state index contributed by atoms with van der Waals surface area (Å²) in [7, 11) is 0. The van der Waals surface area contributed by atoms with Gasteiger partial charge in [-0.3, -0.25) is 4.79 Å². The predicted octanol–water partition coefficient (Wildman–Crippen LogP) is 2.03. The number of hydrogen-bond acceptors (Lipinski definition) is 2. The maximum Gasteiger partial charge on any atom is 0.256 e. The zero-order chi connectivity index (χ0) is 12.3. The van der Waals surface area contributed by atoms with E-state index in [1.807, 2.05) is 0 Å². The Balaban J connectivity index is 3.13. The zero-order valence-electron chi connectivity index (χ0n) is 9.26. The SMILES string of the molecule is CCN(CC)C(=O)c1cc(N)c(F)cc1F. The van der Waals surface area contributed by atoms with E-state index >= 15 is 0 Å². The lowest BCUT2D eigenvalue weighted by Gasteiger charge is -2.19. The average Bonchev–Trinajstić information content (AvgIpc) is 2.25. The van der Waals surface area contributed by atoms with Crippen molar-refractivity contribution in [2.75, 3.05) is 18.8 Å². The largest absolute Gasteiger partial charge is 0.396 e. The maximum absolute atomic E-state index is 13.4. The number of hydrogen-bond donors (Lipinski definition) is 1. The summed E-state index contributed by atoms with van der Waals surface area (Å²) in [4.78, 5) is 13.2. The van der Waals surface area contributed by atoms with E-state index in [-0.39, 0.29) is 11.3 Å². The summed E-state index contributed by atoms with van der Waals surface area (Å²) >= 11 is 0. The molecule has 16 heavy (non-hydrogen) atoms. The second-order valence-electron chi connectivity index (χ2n) is 3.33. The van der Waals surface area contributed by atoms with Gasteiger partial charge in [-0.1, -0.05) is 0 Å². The van der Waals surface area contributed by atoms with Crippen LogP contribution in [0.4, 0.5) is 14.5 Å². The molecule has 2 N–H and O–H groups in total. The van der Waals surface area contributed by atoms with E-state index < -0.39 is 17.5 Å². The average molecular weight is 228 g/mol. The molecule has 0 unspecified atom stereocenters. The Morgan fingerprint density at radius 3 is 2.31 bits per heavy atom. The molecular formula is C11H14F2N2O. The Hall–Kier alpha value is -1.65. The van der Waals surface area contributed by atoms with E-state index in [0.29, 0.717) is 19.2 Å². The molecular weight excluding hydrogens is 214 g/mol. The maximum atomic E-state index is 13.4. The summed E-state index contributed by atoms with van der Waals surface area (Å²) in [6.45, 7) is 4.50. The molecule has 0 fully saturated rings. The summed E-state index contributed by atoms with van der Waals surface area (Å²) in [6.07, 6.45) is 0. The minimum atomic E-state index is -0.886. The third kappa shape index (κ3) is 2.29. The van der Waals surface area contributed by atoms with Crippen LogP contribution in [0.3, 0.4) is 0 Å². The van der Waals surface area contributed by atoms with Gasteiger partial charge in [0.15, 0.2) is 0 Å². The van der Waals surface area contributed by atoms with Crippen molar-refractivity contribution in [3.8, 4) is 0 Å². The number of nitrogens with zero attached hydrogens (tertiary/aromatic N) is 1. The van der Waals surface area contributed by atoms with Gasteiger partial charge < -0.3 is 10.6 Å².